The van der Waals surface area contributed by atoms with Crippen LogP contribution in [-0.2, 0) is 11.4 Å². The van der Waals surface area contributed by atoms with Crippen molar-refractivity contribution in [3.63, 3.8) is 0 Å². The third-order valence-electron chi connectivity index (χ3n) is 7.14. The van der Waals surface area contributed by atoms with Crippen molar-refractivity contribution in [2.75, 3.05) is 6.61 Å². The van der Waals surface area contributed by atoms with Gasteiger partial charge in [-0.15, -0.1) is 0 Å². The third kappa shape index (κ3) is 5.58. The average molecular weight is 481 g/mol. The number of hydrogen-bond donors (Lipinski definition) is 2. The summed E-state index contributed by atoms with van der Waals surface area (Å²) in [4.78, 5) is 18.2. The number of aromatic nitrogens is 1. The van der Waals surface area contributed by atoms with E-state index in [1.807, 2.05) is 84.9 Å². The van der Waals surface area contributed by atoms with Crippen LogP contribution in [0.2, 0.25) is 0 Å². The monoisotopic (exact) mass is 480 g/mol. The predicted molar refractivity (Wildman–Crippen MR) is 142 cm³/mol. The predicted octanol–water partition coefficient (Wildman–Crippen LogP) is 5.94. The van der Waals surface area contributed by atoms with Crippen LogP contribution in [0.5, 0.6) is 5.75 Å². The van der Waals surface area contributed by atoms with Crippen LogP contribution in [0, 0.1) is 5.92 Å². The van der Waals surface area contributed by atoms with Gasteiger partial charge < -0.3 is 15.2 Å². The molecule has 1 saturated carbocycles. The van der Waals surface area contributed by atoms with Crippen molar-refractivity contribution in [2.24, 2.45) is 5.92 Å². The maximum atomic E-state index is 13.5. The summed E-state index contributed by atoms with van der Waals surface area (Å²) in [6.07, 6.45) is 4.38. The van der Waals surface area contributed by atoms with Gasteiger partial charge in [0.2, 0.25) is 5.91 Å². The summed E-state index contributed by atoms with van der Waals surface area (Å²) in [5.41, 5.74) is 3.72. The van der Waals surface area contributed by atoms with E-state index in [4.69, 9.17) is 4.74 Å². The standard InChI is InChI=1S/C31H32N2O3/c34-20-29(22-8-2-1-3-9-22)33-31(35)30(24-11-4-5-12-24)25-15-18-27(19-16-25)36-21-26-17-14-23-10-6-7-13-28(23)32-26/h1-3,6-10,13-19,24,29-30,34H,4-5,11-12,20-21H2,(H,33,35). The Morgan fingerprint density at radius 2 is 1.61 bits per heavy atom. The highest BCUT2D eigenvalue weighted by molar-refractivity contribution is 5.84. The van der Waals surface area contributed by atoms with Gasteiger partial charge in [-0.3, -0.25) is 4.79 Å². The number of fused-ring (bicyclic) bond motifs is 1. The second-order valence-corrected chi connectivity index (χ2v) is 9.53. The number of pyridine rings is 1. The zero-order chi connectivity index (χ0) is 24.7. The largest absolute Gasteiger partial charge is 0.487 e. The topological polar surface area (TPSA) is 71.5 Å². The van der Waals surface area contributed by atoms with E-state index < -0.39 is 6.04 Å². The van der Waals surface area contributed by atoms with Crippen LogP contribution < -0.4 is 10.1 Å². The normalized spacial score (nSPS) is 15.5. The Kier molecular flexibility index (Phi) is 7.58. The van der Waals surface area contributed by atoms with Gasteiger partial charge in [0, 0.05) is 5.39 Å². The van der Waals surface area contributed by atoms with Gasteiger partial charge in [0.15, 0.2) is 0 Å². The number of aliphatic hydroxyl groups excluding tert-OH is 1. The molecule has 1 heterocycles. The summed E-state index contributed by atoms with van der Waals surface area (Å²) in [7, 11) is 0. The summed E-state index contributed by atoms with van der Waals surface area (Å²) in [6.45, 7) is 0.245. The van der Waals surface area contributed by atoms with Crippen molar-refractivity contribution in [2.45, 2.75) is 44.2 Å². The lowest BCUT2D eigenvalue weighted by Crippen LogP contribution is -2.37. The quantitative estimate of drug-likeness (QED) is 0.311. The molecule has 0 bridgehead atoms. The fourth-order valence-electron chi connectivity index (χ4n) is 5.23. The first-order valence-corrected chi connectivity index (χ1v) is 12.7. The van der Waals surface area contributed by atoms with E-state index in [0.717, 1.165) is 59.2 Å². The summed E-state index contributed by atoms with van der Waals surface area (Å²) < 4.78 is 6.01. The lowest BCUT2D eigenvalue weighted by Gasteiger charge is -2.26. The minimum Gasteiger partial charge on any atom is -0.487 e. The zero-order valence-electron chi connectivity index (χ0n) is 20.3. The Labute approximate surface area is 212 Å². The van der Waals surface area contributed by atoms with Crippen LogP contribution in [0.25, 0.3) is 10.9 Å². The molecule has 2 N–H and O–H groups in total. The summed E-state index contributed by atoms with van der Waals surface area (Å²) >= 11 is 0. The van der Waals surface area contributed by atoms with Gasteiger partial charge in [-0.25, -0.2) is 4.98 Å². The number of hydrogen-bond acceptors (Lipinski definition) is 4. The highest BCUT2D eigenvalue weighted by atomic mass is 16.5. The molecule has 4 aromatic rings. The Bertz CT molecular complexity index is 1280. The number of amides is 1. The number of ether oxygens (including phenoxy) is 1. The average Bonchev–Trinajstić information content (AvgIpc) is 3.46. The van der Waals surface area contributed by atoms with E-state index in [2.05, 4.69) is 16.4 Å². The Hall–Kier alpha value is -3.70. The van der Waals surface area contributed by atoms with Crippen molar-refractivity contribution in [1.29, 1.82) is 0 Å². The first-order chi connectivity index (χ1) is 17.7. The Balaban J connectivity index is 1.29. The molecular weight excluding hydrogens is 448 g/mol. The maximum absolute atomic E-state index is 13.5. The smallest absolute Gasteiger partial charge is 0.228 e. The maximum Gasteiger partial charge on any atom is 0.228 e. The third-order valence-corrected chi connectivity index (χ3v) is 7.14. The molecule has 2 unspecified atom stereocenters. The van der Waals surface area contributed by atoms with E-state index in [9.17, 15) is 9.90 Å². The molecule has 1 aromatic heterocycles. The summed E-state index contributed by atoms with van der Waals surface area (Å²) in [6, 6.07) is 29.2. The molecular formula is C31H32N2O3. The molecule has 0 radical (unpaired) electrons. The number of nitrogens with zero attached hydrogens (tertiary/aromatic N) is 1. The summed E-state index contributed by atoms with van der Waals surface area (Å²) in [5.74, 6) is 0.769. The minimum absolute atomic E-state index is 0.0289. The molecule has 0 saturated heterocycles. The number of rotatable bonds is 9. The van der Waals surface area contributed by atoms with E-state index in [1.54, 1.807) is 0 Å². The number of para-hydroxylation sites is 1. The van der Waals surface area contributed by atoms with Gasteiger partial charge in [0.1, 0.15) is 12.4 Å². The first kappa shape index (κ1) is 24.0. The fraction of sp³-hybridized carbons (Fsp3) is 0.290. The van der Waals surface area contributed by atoms with Crippen molar-refractivity contribution in [3.05, 3.63) is 108 Å². The Morgan fingerprint density at radius 1 is 0.889 bits per heavy atom. The van der Waals surface area contributed by atoms with E-state index >= 15 is 0 Å². The van der Waals surface area contributed by atoms with Gasteiger partial charge in [-0.1, -0.05) is 79.6 Å². The molecule has 0 spiro atoms. The van der Waals surface area contributed by atoms with Crippen LogP contribution >= 0.6 is 0 Å². The lowest BCUT2D eigenvalue weighted by molar-refractivity contribution is -0.124. The van der Waals surface area contributed by atoms with Gasteiger partial charge in [0.25, 0.3) is 0 Å². The molecule has 0 aliphatic heterocycles. The molecule has 36 heavy (non-hydrogen) atoms. The molecule has 3 aromatic carbocycles. The number of aliphatic hydroxyl groups is 1. The Morgan fingerprint density at radius 3 is 2.36 bits per heavy atom. The van der Waals surface area contributed by atoms with Gasteiger partial charge in [-0.05, 0) is 54.2 Å². The lowest BCUT2D eigenvalue weighted by atomic mass is 9.83. The molecule has 1 amide bonds. The number of carbonyl (C=O) groups is 1. The molecule has 1 aliphatic carbocycles. The van der Waals surface area contributed by atoms with Gasteiger partial charge >= 0.3 is 0 Å². The van der Waals surface area contributed by atoms with E-state index in [-0.39, 0.29) is 18.4 Å². The molecule has 5 heteroatoms. The van der Waals surface area contributed by atoms with Crippen molar-refractivity contribution in [3.8, 4) is 5.75 Å². The van der Waals surface area contributed by atoms with E-state index in [0.29, 0.717) is 12.5 Å². The summed E-state index contributed by atoms with van der Waals surface area (Å²) in [5, 5.41) is 14.2. The molecule has 1 aliphatic rings. The van der Waals surface area contributed by atoms with Crippen LogP contribution in [0.4, 0.5) is 0 Å². The highest BCUT2D eigenvalue weighted by Crippen LogP contribution is 2.38. The van der Waals surface area contributed by atoms with Crippen molar-refractivity contribution < 1.29 is 14.6 Å². The van der Waals surface area contributed by atoms with Crippen LogP contribution in [0.1, 0.15) is 54.5 Å². The van der Waals surface area contributed by atoms with Crippen molar-refractivity contribution in [1.82, 2.24) is 10.3 Å². The first-order valence-electron chi connectivity index (χ1n) is 12.7. The molecule has 5 rings (SSSR count). The number of benzene rings is 3. The fourth-order valence-corrected chi connectivity index (χ4v) is 5.23. The van der Waals surface area contributed by atoms with Crippen molar-refractivity contribution >= 4 is 16.8 Å². The molecule has 184 valence electrons. The molecule has 2 atom stereocenters. The molecule has 1 fully saturated rings. The second-order valence-electron chi connectivity index (χ2n) is 9.53. The highest BCUT2D eigenvalue weighted by Gasteiger charge is 2.33. The zero-order valence-corrected chi connectivity index (χ0v) is 20.3. The van der Waals surface area contributed by atoms with Gasteiger partial charge in [0.05, 0.1) is 29.8 Å². The second kappa shape index (κ2) is 11.4. The van der Waals surface area contributed by atoms with Crippen LogP contribution in [0.15, 0.2) is 91.0 Å². The van der Waals surface area contributed by atoms with Crippen LogP contribution in [-0.4, -0.2) is 22.6 Å². The number of nitrogens with one attached hydrogen (secondary N) is 1. The SMILES string of the molecule is O=C(NC(CO)c1ccccc1)C(c1ccc(OCc2ccc3ccccc3n2)cc1)C1CCCC1. The number of carbonyl (C=O) groups excluding carboxylic acids is 1. The van der Waals surface area contributed by atoms with E-state index in [1.165, 1.54) is 0 Å². The van der Waals surface area contributed by atoms with Gasteiger partial charge in [-0.2, -0.15) is 0 Å². The van der Waals surface area contributed by atoms with Crippen LogP contribution in [0.3, 0.4) is 0 Å². The molecule has 5 nitrogen and oxygen atoms in total. The minimum atomic E-state index is -0.417.